The molecule has 7 nitrogen and oxygen atoms in total. The number of amides is 1. The summed E-state index contributed by atoms with van der Waals surface area (Å²) in [7, 11) is -1.92. The Morgan fingerprint density at radius 2 is 1.84 bits per heavy atom. The van der Waals surface area contributed by atoms with Gasteiger partial charge >= 0.3 is 0 Å². The Hall–Kier alpha value is -2.04. The summed E-state index contributed by atoms with van der Waals surface area (Å²) in [5, 5.41) is 0.612. The molecule has 3 aromatic rings. The molecule has 2 heterocycles. The first-order valence-electron chi connectivity index (χ1n) is 10.4. The second-order valence-corrected chi connectivity index (χ2v) is 10.9. The van der Waals surface area contributed by atoms with Crippen molar-refractivity contribution in [3.05, 3.63) is 57.9 Å². The van der Waals surface area contributed by atoms with Crippen LogP contribution in [0.15, 0.2) is 52.4 Å². The first kappa shape index (κ1) is 23.1. The van der Waals surface area contributed by atoms with Gasteiger partial charge in [0.1, 0.15) is 0 Å². The molecule has 0 saturated carbocycles. The van der Waals surface area contributed by atoms with E-state index in [4.69, 9.17) is 16.3 Å². The monoisotopic (exact) mass is 493 g/mol. The number of fused-ring (bicyclic) bond motifs is 1. The molecule has 10 heteroatoms. The van der Waals surface area contributed by atoms with E-state index in [1.807, 2.05) is 16.7 Å². The molecule has 0 unspecified atom stereocenters. The fourth-order valence-corrected chi connectivity index (χ4v) is 6.55. The van der Waals surface area contributed by atoms with E-state index in [0.717, 1.165) is 29.5 Å². The first-order valence-corrected chi connectivity index (χ1v) is 13.0. The highest BCUT2D eigenvalue weighted by atomic mass is 35.5. The van der Waals surface area contributed by atoms with E-state index in [1.54, 1.807) is 13.2 Å². The second-order valence-electron chi connectivity index (χ2n) is 7.55. The minimum atomic E-state index is -3.54. The highest BCUT2D eigenvalue weighted by Crippen LogP contribution is 2.23. The Bertz CT molecular complexity index is 1290. The first-order chi connectivity index (χ1) is 15.4. The largest absolute Gasteiger partial charge is 0.383 e. The van der Waals surface area contributed by atoms with Gasteiger partial charge in [0, 0.05) is 37.3 Å². The molecule has 170 valence electrons. The van der Waals surface area contributed by atoms with Crippen LogP contribution in [0, 0.1) is 0 Å². The zero-order valence-electron chi connectivity index (χ0n) is 17.7. The Morgan fingerprint density at radius 3 is 2.53 bits per heavy atom. The quantitative estimate of drug-likeness (QED) is 0.521. The van der Waals surface area contributed by atoms with Crippen LogP contribution in [0.3, 0.4) is 0 Å². The van der Waals surface area contributed by atoms with E-state index < -0.39 is 15.9 Å². The molecule has 2 aromatic carbocycles. The smallest absolute Gasteiger partial charge is 0.279 e. The van der Waals surface area contributed by atoms with Gasteiger partial charge in [-0.05, 0) is 55.3 Å². The number of hydrogen-bond acceptors (Lipinski definition) is 5. The van der Waals surface area contributed by atoms with Gasteiger partial charge in [-0.15, -0.1) is 0 Å². The van der Waals surface area contributed by atoms with Crippen LogP contribution in [0.25, 0.3) is 10.2 Å². The lowest BCUT2D eigenvalue weighted by Crippen LogP contribution is -2.35. The van der Waals surface area contributed by atoms with Gasteiger partial charge in [0.25, 0.3) is 5.91 Å². The van der Waals surface area contributed by atoms with Crippen LogP contribution in [0.1, 0.15) is 29.6 Å². The molecule has 0 N–H and O–H groups in total. The number of ether oxygens (including phenoxy) is 1. The number of sulfonamides is 1. The van der Waals surface area contributed by atoms with Crippen LogP contribution in [0.4, 0.5) is 0 Å². The van der Waals surface area contributed by atoms with Gasteiger partial charge in [0.15, 0.2) is 4.80 Å². The maximum atomic E-state index is 12.9. The van der Waals surface area contributed by atoms with Crippen molar-refractivity contribution in [1.82, 2.24) is 8.87 Å². The average Bonchev–Trinajstić information content (AvgIpc) is 3.14. The number of aromatic nitrogens is 1. The summed E-state index contributed by atoms with van der Waals surface area (Å²) >= 11 is 7.49. The Labute approximate surface area is 196 Å². The van der Waals surface area contributed by atoms with Crippen molar-refractivity contribution < 1.29 is 17.9 Å². The van der Waals surface area contributed by atoms with E-state index in [1.165, 1.54) is 39.9 Å². The van der Waals surface area contributed by atoms with Crippen LogP contribution in [-0.4, -0.2) is 50.0 Å². The summed E-state index contributed by atoms with van der Waals surface area (Å²) < 4.78 is 35.2. The molecule has 1 saturated heterocycles. The molecule has 1 aliphatic rings. The number of nitrogens with zero attached hydrogens (tertiary/aromatic N) is 3. The lowest BCUT2D eigenvalue weighted by Gasteiger charge is -2.25. The zero-order valence-corrected chi connectivity index (χ0v) is 20.0. The number of carbonyl (C=O) groups excluding carboxylic acids is 1. The zero-order chi connectivity index (χ0) is 22.7. The number of carbonyl (C=O) groups is 1. The second kappa shape index (κ2) is 9.84. The van der Waals surface area contributed by atoms with E-state index in [2.05, 4.69) is 4.99 Å². The van der Waals surface area contributed by atoms with Crippen molar-refractivity contribution >= 4 is 49.1 Å². The van der Waals surface area contributed by atoms with Gasteiger partial charge in [-0.25, -0.2) is 8.42 Å². The Kier molecular flexibility index (Phi) is 7.11. The molecule has 0 atom stereocenters. The lowest BCUT2D eigenvalue weighted by atomic mass is 10.2. The third-order valence-corrected chi connectivity index (χ3v) is 8.60. The van der Waals surface area contributed by atoms with Crippen molar-refractivity contribution in [2.45, 2.75) is 30.7 Å². The third-order valence-electron chi connectivity index (χ3n) is 5.42. The molecule has 4 rings (SSSR count). The standard InChI is InChI=1S/C22H24ClN3O4S2/c1-30-14-13-26-19-10-7-17(23)15-20(19)31-22(26)24-21(27)16-5-8-18(9-6-16)32(28,29)25-11-3-2-4-12-25/h5-10,15H,2-4,11-14H2,1H3. The highest BCUT2D eigenvalue weighted by Gasteiger charge is 2.26. The van der Waals surface area contributed by atoms with Crippen molar-refractivity contribution in [3.63, 3.8) is 0 Å². The van der Waals surface area contributed by atoms with Crippen LogP contribution < -0.4 is 4.80 Å². The fraction of sp³-hybridized carbons (Fsp3) is 0.364. The minimum Gasteiger partial charge on any atom is -0.383 e. The number of hydrogen-bond donors (Lipinski definition) is 0. The lowest BCUT2D eigenvalue weighted by molar-refractivity contribution is 0.0997. The molecule has 0 aliphatic carbocycles. The number of rotatable bonds is 6. The normalized spacial score (nSPS) is 16.0. The number of benzene rings is 2. The van der Waals surface area contributed by atoms with E-state index in [-0.39, 0.29) is 4.90 Å². The van der Waals surface area contributed by atoms with E-state index >= 15 is 0 Å². The average molecular weight is 494 g/mol. The summed E-state index contributed by atoms with van der Waals surface area (Å²) in [6.45, 7) is 2.09. The number of methoxy groups -OCH3 is 1. The molecular weight excluding hydrogens is 470 g/mol. The summed E-state index contributed by atoms with van der Waals surface area (Å²) in [5.41, 5.74) is 1.25. The molecular formula is C22H24ClN3O4S2. The predicted molar refractivity (Wildman–Crippen MR) is 126 cm³/mol. The summed E-state index contributed by atoms with van der Waals surface area (Å²) in [4.78, 5) is 17.9. The van der Waals surface area contributed by atoms with Crippen LogP contribution in [-0.2, 0) is 21.3 Å². The highest BCUT2D eigenvalue weighted by molar-refractivity contribution is 7.89. The minimum absolute atomic E-state index is 0.197. The van der Waals surface area contributed by atoms with E-state index in [0.29, 0.717) is 41.6 Å². The molecule has 1 fully saturated rings. The summed E-state index contributed by atoms with van der Waals surface area (Å²) in [6.07, 6.45) is 2.80. The van der Waals surface area contributed by atoms with Crippen molar-refractivity contribution in [2.24, 2.45) is 4.99 Å². The third kappa shape index (κ3) is 4.82. The summed E-state index contributed by atoms with van der Waals surface area (Å²) in [6, 6.07) is 11.5. The van der Waals surface area contributed by atoms with Gasteiger partial charge in [0.2, 0.25) is 10.0 Å². The molecule has 0 spiro atoms. The van der Waals surface area contributed by atoms with Crippen LogP contribution in [0.5, 0.6) is 0 Å². The van der Waals surface area contributed by atoms with E-state index in [9.17, 15) is 13.2 Å². The molecule has 1 amide bonds. The number of thiazole rings is 1. The van der Waals surface area contributed by atoms with Crippen LogP contribution in [0.2, 0.25) is 5.02 Å². The number of halogens is 1. The van der Waals surface area contributed by atoms with Crippen molar-refractivity contribution in [1.29, 1.82) is 0 Å². The molecule has 1 aromatic heterocycles. The maximum absolute atomic E-state index is 12.9. The Morgan fingerprint density at radius 1 is 1.12 bits per heavy atom. The molecule has 0 bridgehead atoms. The fourth-order valence-electron chi connectivity index (χ4n) is 3.71. The number of piperidine rings is 1. The summed E-state index contributed by atoms with van der Waals surface area (Å²) in [5.74, 6) is -0.434. The van der Waals surface area contributed by atoms with Gasteiger partial charge in [-0.1, -0.05) is 29.4 Å². The Balaban J connectivity index is 1.64. The molecule has 32 heavy (non-hydrogen) atoms. The van der Waals surface area contributed by atoms with Crippen molar-refractivity contribution in [3.8, 4) is 0 Å². The maximum Gasteiger partial charge on any atom is 0.279 e. The van der Waals surface area contributed by atoms with Gasteiger partial charge in [-0.3, -0.25) is 4.79 Å². The van der Waals surface area contributed by atoms with Gasteiger partial charge < -0.3 is 9.30 Å². The molecule has 0 radical (unpaired) electrons. The van der Waals surface area contributed by atoms with Gasteiger partial charge in [-0.2, -0.15) is 9.30 Å². The predicted octanol–water partition coefficient (Wildman–Crippen LogP) is 3.92. The van der Waals surface area contributed by atoms with Crippen LogP contribution >= 0.6 is 22.9 Å². The molecule has 1 aliphatic heterocycles. The SMILES string of the molecule is COCCn1c(=NC(=O)c2ccc(S(=O)(=O)N3CCCCC3)cc2)sc2cc(Cl)ccc21. The van der Waals surface area contributed by atoms with Gasteiger partial charge in [0.05, 0.1) is 21.7 Å². The van der Waals surface area contributed by atoms with Crippen molar-refractivity contribution in [2.75, 3.05) is 26.8 Å². The topological polar surface area (TPSA) is 81.0 Å².